The molecule has 1 fully saturated rings. The average molecular weight is 413 g/mol. The first-order chi connectivity index (χ1) is 12.4. The molecule has 2 aromatic carbocycles. The number of carbonyl (C=O) groups is 1. The van der Waals surface area contributed by atoms with Crippen LogP contribution in [0.15, 0.2) is 53.4 Å². The monoisotopic (exact) mass is 412 g/mol. The number of hydrogen-bond donors (Lipinski definition) is 1. The van der Waals surface area contributed by atoms with Crippen molar-refractivity contribution >= 4 is 44.8 Å². The van der Waals surface area contributed by atoms with Crippen molar-refractivity contribution < 1.29 is 13.2 Å². The van der Waals surface area contributed by atoms with Crippen LogP contribution in [0, 0.1) is 5.92 Å². The second-order valence-corrected chi connectivity index (χ2v) is 8.97. The Bertz CT molecular complexity index is 901. The van der Waals surface area contributed by atoms with Gasteiger partial charge in [0.2, 0.25) is 15.9 Å². The van der Waals surface area contributed by atoms with Gasteiger partial charge in [-0.25, -0.2) is 8.42 Å². The van der Waals surface area contributed by atoms with Crippen LogP contribution in [0.2, 0.25) is 10.0 Å². The standard InChI is InChI=1S/C18H18Cl2N2O3S/c19-14-6-8-17(9-7-14)26(24,25)22-10-2-3-13(12-22)18(23)21-16-5-1-4-15(20)11-16/h1,4-9,11,13H,2-3,10,12H2,(H,21,23)/t13-/m0/s1. The van der Waals surface area contributed by atoms with Gasteiger partial charge in [0, 0.05) is 28.8 Å². The SMILES string of the molecule is O=C(Nc1cccc(Cl)c1)[C@H]1CCCN(S(=O)(=O)c2ccc(Cl)cc2)C1. The molecule has 26 heavy (non-hydrogen) atoms. The largest absolute Gasteiger partial charge is 0.326 e. The average Bonchev–Trinajstić information content (AvgIpc) is 2.62. The van der Waals surface area contributed by atoms with Gasteiger partial charge in [-0.2, -0.15) is 4.31 Å². The van der Waals surface area contributed by atoms with Crippen LogP contribution < -0.4 is 5.32 Å². The van der Waals surface area contributed by atoms with Gasteiger partial charge in [0.1, 0.15) is 0 Å². The molecule has 1 N–H and O–H groups in total. The maximum absolute atomic E-state index is 12.8. The van der Waals surface area contributed by atoms with Crippen LogP contribution in [0.3, 0.4) is 0 Å². The summed E-state index contributed by atoms with van der Waals surface area (Å²) < 4.78 is 27.0. The number of hydrogen-bond acceptors (Lipinski definition) is 3. The summed E-state index contributed by atoms with van der Waals surface area (Å²) in [5.74, 6) is -0.618. The third-order valence-corrected chi connectivity index (χ3v) is 6.66. The van der Waals surface area contributed by atoms with E-state index in [9.17, 15) is 13.2 Å². The second kappa shape index (κ2) is 7.96. The number of anilines is 1. The van der Waals surface area contributed by atoms with Gasteiger partial charge in [0.05, 0.1) is 10.8 Å². The molecule has 3 rings (SSSR count). The zero-order valence-corrected chi connectivity index (χ0v) is 16.2. The fourth-order valence-corrected chi connectivity index (χ4v) is 4.78. The van der Waals surface area contributed by atoms with Crippen molar-refractivity contribution in [3.8, 4) is 0 Å². The van der Waals surface area contributed by atoms with Crippen LogP contribution in [0.5, 0.6) is 0 Å². The van der Waals surface area contributed by atoms with Gasteiger partial charge in [-0.1, -0.05) is 29.3 Å². The number of halogens is 2. The van der Waals surface area contributed by atoms with Crippen molar-refractivity contribution in [3.05, 3.63) is 58.6 Å². The Morgan fingerprint density at radius 1 is 1.08 bits per heavy atom. The number of sulfonamides is 1. The van der Waals surface area contributed by atoms with Crippen LogP contribution in [-0.2, 0) is 14.8 Å². The highest BCUT2D eigenvalue weighted by atomic mass is 35.5. The van der Waals surface area contributed by atoms with Gasteiger partial charge in [-0.3, -0.25) is 4.79 Å². The first-order valence-corrected chi connectivity index (χ1v) is 10.4. The summed E-state index contributed by atoms with van der Waals surface area (Å²) >= 11 is 11.8. The van der Waals surface area contributed by atoms with Gasteiger partial charge >= 0.3 is 0 Å². The van der Waals surface area contributed by atoms with Crippen molar-refractivity contribution in [3.63, 3.8) is 0 Å². The third kappa shape index (κ3) is 4.38. The van der Waals surface area contributed by atoms with Crippen molar-refractivity contribution in [2.75, 3.05) is 18.4 Å². The first-order valence-electron chi connectivity index (χ1n) is 8.18. The number of carbonyl (C=O) groups excluding carboxylic acids is 1. The Kier molecular flexibility index (Phi) is 5.87. The van der Waals surface area contributed by atoms with Crippen LogP contribution in [0.25, 0.3) is 0 Å². The van der Waals surface area contributed by atoms with Gasteiger partial charge in [-0.15, -0.1) is 0 Å². The Morgan fingerprint density at radius 3 is 2.50 bits per heavy atom. The number of rotatable bonds is 4. The number of piperidine rings is 1. The summed E-state index contributed by atoms with van der Waals surface area (Å²) in [5, 5.41) is 3.81. The summed E-state index contributed by atoms with van der Waals surface area (Å²) in [6, 6.07) is 12.9. The number of nitrogens with zero attached hydrogens (tertiary/aromatic N) is 1. The molecule has 0 radical (unpaired) electrons. The molecule has 1 saturated heterocycles. The zero-order valence-electron chi connectivity index (χ0n) is 13.9. The number of amides is 1. The topological polar surface area (TPSA) is 66.5 Å². The van der Waals surface area contributed by atoms with E-state index < -0.39 is 15.9 Å². The lowest BCUT2D eigenvalue weighted by Gasteiger charge is -2.31. The van der Waals surface area contributed by atoms with Gasteiger partial charge in [0.25, 0.3) is 0 Å². The Balaban J connectivity index is 1.72. The van der Waals surface area contributed by atoms with Crippen molar-refractivity contribution in [1.29, 1.82) is 0 Å². The Morgan fingerprint density at radius 2 is 1.81 bits per heavy atom. The fourth-order valence-electron chi connectivity index (χ4n) is 2.94. The minimum atomic E-state index is -3.65. The molecule has 0 bridgehead atoms. The zero-order chi connectivity index (χ0) is 18.7. The maximum Gasteiger partial charge on any atom is 0.243 e. The summed E-state index contributed by atoms with van der Waals surface area (Å²) in [4.78, 5) is 12.7. The Hall–Kier alpha value is -1.60. The van der Waals surface area contributed by atoms with Crippen LogP contribution >= 0.6 is 23.2 Å². The van der Waals surface area contributed by atoms with E-state index in [1.54, 1.807) is 36.4 Å². The van der Waals surface area contributed by atoms with E-state index in [0.29, 0.717) is 35.1 Å². The normalized spacial score (nSPS) is 18.5. The van der Waals surface area contributed by atoms with Gasteiger partial charge in [-0.05, 0) is 55.3 Å². The minimum Gasteiger partial charge on any atom is -0.326 e. The van der Waals surface area contributed by atoms with E-state index in [1.165, 1.54) is 16.4 Å². The second-order valence-electron chi connectivity index (χ2n) is 6.16. The molecule has 1 aliphatic rings. The molecule has 0 aliphatic carbocycles. The predicted octanol–water partition coefficient (Wildman–Crippen LogP) is 4.03. The highest BCUT2D eigenvalue weighted by Crippen LogP contribution is 2.26. The van der Waals surface area contributed by atoms with E-state index in [-0.39, 0.29) is 17.3 Å². The van der Waals surface area contributed by atoms with E-state index in [4.69, 9.17) is 23.2 Å². The van der Waals surface area contributed by atoms with Crippen molar-refractivity contribution in [1.82, 2.24) is 4.31 Å². The lowest BCUT2D eigenvalue weighted by atomic mass is 9.99. The highest BCUT2D eigenvalue weighted by molar-refractivity contribution is 7.89. The lowest BCUT2D eigenvalue weighted by Crippen LogP contribution is -2.43. The Labute approximate surface area is 163 Å². The van der Waals surface area contributed by atoms with Crippen LogP contribution in [0.4, 0.5) is 5.69 Å². The molecule has 2 aromatic rings. The molecular weight excluding hydrogens is 395 g/mol. The molecule has 8 heteroatoms. The van der Waals surface area contributed by atoms with E-state index in [2.05, 4.69) is 5.32 Å². The summed E-state index contributed by atoms with van der Waals surface area (Å²) in [7, 11) is -3.65. The van der Waals surface area contributed by atoms with E-state index >= 15 is 0 Å². The molecule has 0 saturated carbocycles. The molecule has 0 aromatic heterocycles. The predicted molar refractivity (Wildman–Crippen MR) is 103 cm³/mol. The molecule has 0 unspecified atom stereocenters. The maximum atomic E-state index is 12.8. The number of benzene rings is 2. The summed E-state index contributed by atoms with van der Waals surface area (Å²) in [6.07, 6.45) is 1.26. The molecule has 5 nitrogen and oxygen atoms in total. The van der Waals surface area contributed by atoms with E-state index in [1.807, 2.05) is 0 Å². The molecule has 0 spiro atoms. The third-order valence-electron chi connectivity index (χ3n) is 4.30. The molecule has 138 valence electrons. The quantitative estimate of drug-likeness (QED) is 0.823. The van der Waals surface area contributed by atoms with Gasteiger partial charge < -0.3 is 5.32 Å². The molecule has 1 heterocycles. The van der Waals surface area contributed by atoms with E-state index in [0.717, 1.165) is 0 Å². The minimum absolute atomic E-state index is 0.150. The number of nitrogens with one attached hydrogen (secondary N) is 1. The molecule has 1 atom stereocenters. The van der Waals surface area contributed by atoms with Gasteiger partial charge in [0.15, 0.2) is 0 Å². The highest BCUT2D eigenvalue weighted by Gasteiger charge is 2.33. The molecule has 1 aliphatic heterocycles. The lowest BCUT2D eigenvalue weighted by molar-refractivity contribution is -0.120. The van der Waals surface area contributed by atoms with Crippen molar-refractivity contribution in [2.24, 2.45) is 5.92 Å². The van der Waals surface area contributed by atoms with Crippen LogP contribution in [0.1, 0.15) is 12.8 Å². The fraction of sp³-hybridized carbons (Fsp3) is 0.278. The first kappa shape index (κ1) is 19.2. The van der Waals surface area contributed by atoms with Crippen LogP contribution in [-0.4, -0.2) is 31.7 Å². The summed E-state index contributed by atoms with van der Waals surface area (Å²) in [6.45, 7) is 0.545. The van der Waals surface area contributed by atoms with Crippen molar-refractivity contribution in [2.45, 2.75) is 17.7 Å². The molecular formula is C18H18Cl2N2O3S. The smallest absolute Gasteiger partial charge is 0.243 e. The molecule has 1 amide bonds. The summed E-state index contributed by atoms with van der Waals surface area (Å²) in [5.41, 5.74) is 0.597.